The number of hydrogen-bond donors (Lipinski definition) is 0. The predicted octanol–water partition coefficient (Wildman–Crippen LogP) is 4.28. The number of hydrogen-bond acceptors (Lipinski definition) is 5. The van der Waals surface area contributed by atoms with Gasteiger partial charge in [-0.1, -0.05) is 11.6 Å². The number of carbonyl (C=O) groups is 1. The summed E-state index contributed by atoms with van der Waals surface area (Å²) in [6, 6.07) is 6.38. The number of anilines is 1. The quantitative estimate of drug-likeness (QED) is 0.642. The van der Waals surface area contributed by atoms with Crippen molar-refractivity contribution < 1.29 is 35.9 Å². The van der Waals surface area contributed by atoms with Crippen LogP contribution in [0.2, 0.25) is 5.02 Å². The second-order valence-electron chi connectivity index (χ2n) is 7.02. The highest BCUT2D eigenvalue weighted by molar-refractivity contribution is 7.90. The summed E-state index contributed by atoms with van der Waals surface area (Å²) in [5.41, 5.74) is 0.828. The van der Waals surface area contributed by atoms with Crippen molar-refractivity contribution in [3.8, 4) is 11.5 Å². The molecule has 3 rings (SSSR count). The molecule has 0 spiro atoms. The van der Waals surface area contributed by atoms with Gasteiger partial charge in [0.05, 0.1) is 22.6 Å². The van der Waals surface area contributed by atoms with Gasteiger partial charge in [0.2, 0.25) is 0 Å². The first-order chi connectivity index (χ1) is 14.3. The molecule has 6 nitrogen and oxygen atoms in total. The van der Waals surface area contributed by atoms with Crippen LogP contribution >= 0.6 is 11.6 Å². The van der Waals surface area contributed by atoms with Gasteiger partial charge in [-0.25, -0.2) is 8.42 Å². The summed E-state index contributed by atoms with van der Waals surface area (Å²) < 4.78 is 73.1. The largest absolute Gasteiger partial charge is 0.495 e. The fraction of sp³-hybridized carbons (Fsp3) is 0.350. The van der Waals surface area contributed by atoms with Gasteiger partial charge >= 0.3 is 6.18 Å². The van der Waals surface area contributed by atoms with Crippen LogP contribution in [0.25, 0.3) is 0 Å². The second-order valence-corrected chi connectivity index (χ2v) is 9.41. The number of fused-ring (bicyclic) bond motifs is 1. The van der Waals surface area contributed by atoms with E-state index in [-0.39, 0.29) is 22.8 Å². The van der Waals surface area contributed by atoms with E-state index in [1.54, 1.807) is 12.1 Å². The number of sulfone groups is 1. The first kappa shape index (κ1) is 23.2. The highest BCUT2D eigenvalue weighted by Gasteiger charge is 2.39. The predicted molar refractivity (Wildman–Crippen MR) is 109 cm³/mol. The summed E-state index contributed by atoms with van der Waals surface area (Å²) in [6.07, 6.45) is -5.53. The van der Waals surface area contributed by atoms with Crippen LogP contribution in [0.3, 0.4) is 0 Å². The zero-order valence-corrected chi connectivity index (χ0v) is 18.4. The van der Waals surface area contributed by atoms with E-state index in [0.717, 1.165) is 31.4 Å². The summed E-state index contributed by atoms with van der Waals surface area (Å²) in [4.78, 5) is 14.4. The molecular weight excluding hydrogens is 459 g/mol. The van der Waals surface area contributed by atoms with Crippen molar-refractivity contribution >= 4 is 33.0 Å². The Morgan fingerprint density at radius 3 is 2.42 bits per heavy atom. The molecule has 1 aliphatic rings. The Labute approximate surface area is 182 Å². The maximum atomic E-state index is 13.3. The van der Waals surface area contributed by atoms with Crippen LogP contribution in [0, 0.1) is 0 Å². The third-order valence-electron chi connectivity index (χ3n) is 4.90. The van der Waals surface area contributed by atoms with Gasteiger partial charge in [-0.3, -0.25) is 4.79 Å². The van der Waals surface area contributed by atoms with E-state index >= 15 is 0 Å². The Bertz CT molecular complexity index is 1130. The van der Waals surface area contributed by atoms with Crippen molar-refractivity contribution in [2.24, 2.45) is 0 Å². The molecule has 0 aromatic heterocycles. The van der Waals surface area contributed by atoms with Crippen molar-refractivity contribution in [2.45, 2.75) is 30.5 Å². The number of carbonyl (C=O) groups excluding carboxylic acids is 1. The van der Waals surface area contributed by atoms with Crippen LogP contribution in [0.1, 0.15) is 22.8 Å². The Morgan fingerprint density at radius 2 is 1.84 bits per heavy atom. The zero-order chi connectivity index (χ0) is 23.1. The summed E-state index contributed by atoms with van der Waals surface area (Å²) >= 11 is 6.31. The van der Waals surface area contributed by atoms with Crippen molar-refractivity contribution in [3.05, 3.63) is 46.5 Å². The maximum Gasteiger partial charge on any atom is 0.425 e. The molecule has 1 amide bonds. The van der Waals surface area contributed by atoms with E-state index < -0.39 is 28.0 Å². The van der Waals surface area contributed by atoms with E-state index in [0.29, 0.717) is 28.4 Å². The second kappa shape index (κ2) is 8.23. The molecule has 0 saturated heterocycles. The third-order valence-corrected chi connectivity index (χ3v) is 6.42. The van der Waals surface area contributed by atoms with Crippen LogP contribution in [0.5, 0.6) is 11.5 Å². The van der Waals surface area contributed by atoms with Crippen molar-refractivity contribution in [1.29, 1.82) is 0 Å². The molecule has 2 aromatic rings. The van der Waals surface area contributed by atoms with Crippen LogP contribution in [-0.4, -0.2) is 46.5 Å². The molecule has 1 atom stereocenters. The molecule has 168 valence electrons. The normalized spacial score (nSPS) is 14.9. The minimum Gasteiger partial charge on any atom is -0.495 e. The van der Waals surface area contributed by atoms with E-state index in [1.807, 2.05) is 0 Å². The van der Waals surface area contributed by atoms with Gasteiger partial charge in [-0.05, 0) is 43.7 Å². The van der Waals surface area contributed by atoms with Gasteiger partial charge in [0.1, 0.15) is 11.5 Å². The van der Waals surface area contributed by atoms with E-state index in [1.165, 1.54) is 12.0 Å². The van der Waals surface area contributed by atoms with Crippen LogP contribution in [-0.2, 0) is 16.3 Å². The van der Waals surface area contributed by atoms with Crippen molar-refractivity contribution in [3.63, 3.8) is 0 Å². The van der Waals surface area contributed by atoms with Gasteiger partial charge in [0, 0.05) is 24.1 Å². The van der Waals surface area contributed by atoms with Gasteiger partial charge in [-0.15, -0.1) is 0 Å². The Morgan fingerprint density at radius 1 is 1.19 bits per heavy atom. The van der Waals surface area contributed by atoms with Crippen LogP contribution in [0.4, 0.5) is 18.9 Å². The molecule has 0 unspecified atom stereocenters. The number of benzene rings is 2. The molecule has 0 radical (unpaired) electrons. The molecule has 0 N–H and O–H groups in total. The van der Waals surface area contributed by atoms with Gasteiger partial charge in [0.25, 0.3) is 5.91 Å². The number of nitrogens with zero attached hydrogens (tertiary/aromatic N) is 1. The van der Waals surface area contributed by atoms with E-state index in [4.69, 9.17) is 21.1 Å². The minimum absolute atomic E-state index is 0.207. The fourth-order valence-corrected chi connectivity index (χ4v) is 4.18. The van der Waals surface area contributed by atoms with Gasteiger partial charge in [0.15, 0.2) is 15.9 Å². The summed E-state index contributed by atoms with van der Waals surface area (Å²) in [6.45, 7) is 1.01. The Kier molecular flexibility index (Phi) is 6.16. The summed E-state index contributed by atoms with van der Waals surface area (Å²) in [7, 11) is -2.27. The number of ether oxygens (including phenoxy) is 2. The first-order valence-corrected chi connectivity index (χ1v) is 11.4. The molecule has 1 aliphatic heterocycles. The SMILES string of the molecule is COc1ccc2c(c1Cl)CCN2C(=O)c1cc(S(C)(=O)=O)ccc1O[C@@H](C)C(F)(F)F. The molecule has 11 heteroatoms. The fourth-order valence-electron chi connectivity index (χ4n) is 3.21. The van der Waals surface area contributed by atoms with Crippen LogP contribution < -0.4 is 14.4 Å². The molecular formula is C20H19ClF3NO5S. The lowest BCUT2D eigenvalue weighted by Gasteiger charge is -2.23. The van der Waals surface area contributed by atoms with Gasteiger partial charge in [-0.2, -0.15) is 13.2 Å². The zero-order valence-electron chi connectivity index (χ0n) is 16.8. The topological polar surface area (TPSA) is 72.9 Å². The molecule has 2 aromatic carbocycles. The smallest absolute Gasteiger partial charge is 0.425 e. The summed E-state index contributed by atoms with van der Waals surface area (Å²) in [5, 5.41) is 0.336. The van der Waals surface area contributed by atoms with E-state index in [9.17, 15) is 26.4 Å². The number of amides is 1. The highest BCUT2D eigenvalue weighted by atomic mass is 35.5. The maximum absolute atomic E-state index is 13.3. The summed E-state index contributed by atoms with van der Waals surface area (Å²) in [5.74, 6) is -0.637. The molecule has 0 saturated carbocycles. The molecule has 0 bridgehead atoms. The molecule has 31 heavy (non-hydrogen) atoms. The standard InChI is InChI=1S/C20H19ClF3NO5S/c1-11(20(22,23)24)30-16-6-4-12(31(3,27)28)10-14(16)19(26)25-9-8-13-15(25)5-7-17(29-2)18(13)21/h4-7,10-11H,8-9H2,1-3H3/t11-/m0/s1. The number of methoxy groups -OCH3 is 1. The molecule has 1 heterocycles. The van der Waals surface area contributed by atoms with Crippen molar-refractivity contribution in [2.75, 3.05) is 24.8 Å². The Balaban J connectivity index is 2.07. The first-order valence-electron chi connectivity index (χ1n) is 9.09. The van der Waals surface area contributed by atoms with Crippen LogP contribution in [0.15, 0.2) is 35.2 Å². The Hall–Kier alpha value is -2.46. The average molecular weight is 478 g/mol. The monoisotopic (exact) mass is 477 g/mol. The van der Waals surface area contributed by atoms with E-state index in [2.05, 4.69) is 0 Å². The molecule has 0 fully saturated rings. The minimum atomic E-state index is -4.67. The number of alkyl halides is 3. The number of rotatable bonds is 5. The van der Waals surface area contributed by atoms with Gasteiger partial charge < -0.3 is 14.4 Å². The average Bonchev–Trinajstić information content (AvgIpc) is 3.11. The van der Waals surface area contributed by atoms with Crippen molar-refractivity contribution in [1.82, 2.24) is 0 Å². The lowest BCUT2D eigenvalue weighted by molar-refractivity contribution is -0.189. The lowest BCUT2D eigenvalue weighted by Crippen LogP contribution is -2.33. The molecule has 0 aliphatic carbocycles. The lowest BCUT2D eigenvalue weighted by atomic mass is 10.1. The third kappa shape index (κ3) is 4.59. The highest BCUT2D eigenvalue weighted by Crippen LogP contribution is 2.40. The number of halogens is 4.